The van der Waals surface area contributed by atoms with Gasteiger partial charge in [-0.25, -0.2) is 9.13 Å². The maximum absolute atomic E-state index is 13.1. The molecule has 0 amide bonds. The van der Waals surface area contributed by atoms with E-state index in [1.807, 2.05) is 18.2 Å². The molecule has 17 nitrogen and oxygen atoms in total. The summed E-state index contributed by atoms with van der Waals surface area (Å²) in [6.45, 7) is 4.33. The van der Waals surface area contributed by atoms with Gasteiger partial charge in [-0.05, 0) is 161 Å². The van der Waals surface area contributed by atoms with Gasteiger partial charge in [0.2, 0.25) is 0 Å². The van der Waals surface area contributed by atoms with Crippen molar-refractivity contribution < 1.29 is 80.2 Å². The highest BCUT2D eigenvalue weighted by Crippen LogP contribution is 2.45. The van der Waals surface area contributed by atoms with Crippen LogP contribution >= 0.6 is 15.6 Å². The molecule has 106 heavy (non-hydrogen) atoms. The first-order valence-corrected chi connectivity index (χ1v) is 43.0. The molecule has 0 fully saturated rings. The largest absolute Gasteiger partial charge is 0.472 e. The molecule has 5 unspecified atom stereocenters. The minimum absolute atomic E-state index is 0.0235. The van der Waals surface area contributed by atoms with Crippen molar-refractivity contribution >= 4 is 39.5 Å². The number of hydrogen-bond acceptors (Lipinski definition) is 15. The van der Waals surface area contributed by atoms with Gasteiger partial charge in [-0.15, -0.1) is 0 Å². The first-order chi connectivity index (χ1) is 51.7. The lowest BCUT2D eigenvalue weighted by atomic mass is 10.1. The Kier molecular flexibility index (Phi) is 73.1. The minimum Gasteiger partial charge on any atom is -0.462 e. The lowest BCUT2D eigenvalue weighted by Crippen LogP contribution is -2.30. The second-order valence-corrected chi connectivity index (χ2v) is 28.8. The lowest BCUT2D eigenvalue weighted by Gasteiger charge is -2.21. The van der Waals surface area contributed by atoms with Crippen molar-refractivity contribution in [2.75, 3.05) is 39.6 Å². The SMILES string of the molecule is CC/C=C\C/C=C\C/C=C\C/C=C\C/C=C\C/C=C\CCC(=O)OCC(COP(=O)(O)OCC(O)COP(=O)(O)OCC(COC(=O)CCCCCCCC/C=C\C/C=C\C/C=C\C/C=C\CC)OC(=O)CCCCCCC/C=C\CCCC)OC(=O)CCCCCC/C=C\C/C=C\C/C=C\C/C=C\CC. The fourth-order valence-electron chi connectivity index (χ4n) is 9.86. The van der Waals surface area contributed by atoms with Crippen molar-refractivity contribution in [3.8, 4) is 0 Å². The molecule has 0 bridgehead atoms. The van der Waals surface area contributed by atoms with Crippen molar-refractivity contribution in [2.45, 2.75) is 303 Å². The summed E-state index contributed by atoms with van der Waals surface area (Å²) >= 11 is 0. The molecule has 19 heteroatoms. The molecule has 0 aromatic carbocycles. The maximum atomic E-state index is 13.1. The average Bonchev–Trinajstić information content (AvgIpc) is 0.919. The number of hydrogen-bond donors (Lipinski definition) is 3. The Morgan fingerprint density at radius 3 is 0.821 bits per heavy atom. The molecule has 0 aromatic heterocycles. The fourth-order valence-corrected chi connectivity index (χ4v) is 11.4. The van der Waals surface area contributed by atoms with E-state index in [0.29, 0.717) is 32.1 Å². The predicted molar refractivity (Wildman–Crippen MR) is 436 cm³/mol. The highest BCUT2D eigenvalue weighted by Gasteiger charge is 2.30. The molecular weight excluding hydrogens is 1380 g/mol. The van der Waals surface area contributed by atoms with Crippen LogP contribution in [-0.4, -0.2) is 96.7 Å². The monoisotopic (exact) mass is 1520 g/mol. The van der Waals surface area contributed by atoms with Gasteiger partial charge in [0.15, 0.2) is 12.2 Å². The highest BCUT2D eigenvalue weighted by molar-refractivity contribution is 7.47. The predicted octanol–water partition coefficient (Wildman–Crippen LogP) is 23.6. The number of ether oxygens (including phenoxy) is 4. The summed E-state index contributed by atoms with van der Waals surface area (Å²) in [6.07, 6.45) is 93.2. The van der Waals surface area contributed by atoms with Crippen molar-refractivity contribution in [2.24, 2.45) is 0 Å². The fraction of sp³-hybridized carbons (Fsp3) is 0.609. The molecule has 0 saturated carbocycles. The Bertz CT molecular complexity index is 2730. The van der Waals surface area contributed by atoms with Gasteiger partial charge in [-0.3, -0.25) is 37.3 Å². The van der Waals surface area contributed by atoms with Crippen LogP contribution in [0.1, 0.15) is 285 Å². The first kappa shape index (κ1) is 100. The number of carbonyl (C=O) groups excluding carboxylic acids is 4. The number of allylic oxidation sites excluding steroid dienone is 30. The molecule has 5 atom stereocenters. The normalized spacial score (nSPS) is 14.8. The summed E-state index contributed by atoms with van der Waals surface area (Å²) in [6, 6.07) is 0. The Balaban J connectivity index is 5.45. The summed E-state index contributed by atoms with van der Waals surface area (Å²) in [5.41, 5.74) is 0. The Hall–Kier alpha value is -5.84. The Labute approximate surface area is 641 Å². The van der Waals surface area contributed by atoms with E-state index < -0.39 is 97.5 Å². The van der Waals surface area contributed by atoms with Gasteiger partial charge in [-0.1, -0.05) is 281 Å². The van der Waals surface area contributed by atoms with Crippen molar-refractivity contribution in [1.29, 1.82) is 0 Å². The molecule has 600 valence electrons. The van der Waals surface area contributed by atoms with Gasteiger partial charge in [0, 0.05) is 25.7 Å². The molecule has 0 heterocycles. The Morgan fingerprint density at radius 2 is 0.509 bits per heavy atom. The number of esters is 4. The standard InChI is InChI=1S/C87H140O17P2/c1-5-9-13-17-21-25-29-32-35-38-40-43-45-48-52-55-59-63-67-71-84(89)97-77-82(103-86(91)73-69-65-61-57-51-28-24-20-16-12-8-4)79-101-105(93,94)99-75-81(88)76-100-106(95,96)102-80-83(104-87(92)74-70-66-62-58-54-50-47-42-37-34-31-27-23-19-15-11-7-3)78-98-85(90)72-68-64-60-56-53-49-46-44-41-39-36-33-30-26-22-18-14-10-6-2/h9-11,13-15,20-27,32-37,40-41,43-44,47,49-50,53,60,64,81-83,88H,5-8,12,16-19,28-31,38-39,42,45-46,48,51-52,54-59,61-63,65-80H2,1-4H3,(H,93,94)(H,95,96)/b13-9-,14-10-,15-11-,24-20-,25-21-,26-22-,27-23-,35-32-,36-33-,37-34-,43-40-,44-41-,50-47-,53-49-,64-60-. The molecule has 0 aliphatic carbocycles. The molecule has 3 N–H and O–H groups in total. The molecule has 0 spiro atoms. The average molecular weight is 1520 g/mol. The van der Waals surface area contributed by atoms with Crippen LogP contribution in [0.2, 0.25) is 0 Å². The summed E-state index contributed by atoms with van der Waals surface area (Å²) < 4.78 is 68.5. The van der Waals surface area contributed by atoms with Gasteiger partial charge >= 0.3 is 39.5 Å². The maximum Gasteiger partial charge on any atom is 0.472 e. The van der Waals surface area contributed by atoms with Crippen LogP contribution in [0.3, 0.4) is 0 Å². The zero-order valence-electron chi connectivity index (χ0n) is 65.5. The van der Waals surface area contributed by atoms with Gasteiger partial charge < -0.3 is 33.8 Å². The van der Waals surface area contributed by atoms with Crippen LogP contribution in [0.5, 0.6) is 0 Å². The number of aliphatic hydroxyl groups is 1. The number of unbranched alkanes of at least 4 members (excludes halogenated alkanes) is 17. The van der Waals surface area contributed by atoms with E-state index in [1.54, 1.807) is 0 Å². The van der Waals surface area contributed by atoms with Crippen LogP contribution in [0.25, 0.3) is 0 Å². The minimum atomic E-state index is -5.01. The molecular formula is C87H140O17P2. The van der Waals surface area contributed by atoms with E-state index >= 15 is 0 Å². The second kappa shape index (κ2) is 77.3. The van der Waals surface area contributed by atoms with Crippen molar-refractivity contribution in [3.05, 3.63) is 182 Å². The van der Waals surface area contributed by atoms with E-state index in [1.165, 1.54) is 12.8 Å². The third-order valence-electron chi connectivity index (χ3n) is 15.9. The summed E-state index contributed by atoms with van der Waals surface area (Å²) in [5.74, 6) is -2.34. The molecule has 0 radical (unpaired) electrons. The quantitative estimate of drug-likeness (QED) is 0.0169. The number of phosphoric ester groups is 2. The van der Waals surface area contributed by atoms with E-state index in [2.05, 4.69) is 192 Å². The van der Waals surface area contributed by atoms with E-state index in [0.717, 1.165) is 186 Å². The highest BCUT2D eigenvalue weighted by atomic mass is 31.2. The molecule has 0 rings (SSSR count). The van der Waals surface area contributed by atoms with Crippen LogP contribution in [-0.2, 0) is 65.4 Å². The summed E-state index contributed by atoms with van der Waals surface area (Å²) in [4.78, 5) is 73.0. The molecule has 0 aliphatic rings. The van der Waals surface area contributed by atoms with Gasteiger partial charge in [0.1, 0.15) is 19.3 Å². The van der Waals surface area contributed by atoms with E-state index in [-0.39, 0.29) is 25.7 Å². The zero-order valence-corrected chi connectivity index (χ0v) is 67.3. The lowest BCUT2D eigenvalue weighted by molar-refractivity contribution is -0.161. The third kappa shape index (κ3) is 76.4. The van der Waals surface area contributed by atoms with Crippen LogP contribution in [0.15, 0.2) is 182 Å². The number of carbonyl (C=O) groups is 4. The van der Waals surface area contributed by atoms with Gasteiger partial charge in [-0.2, -0.15) is 0 Å². The molecule has 0 saturated heterocycles. The second-order valence-electron chi connectivity index (χ2n) is 25.9. The topological polar surface area (TPSA) is 237 Å². The van der Waals surface area contributed by atoms with E-state index in [4.69, 9.17) is 37.0 Å². The van der Waals surface area contributed by atoms with Crippen LogP contribution in [0, 0.1) is 0 Å². The van der Waals surface area contributed by atoms with Crippen LogP contribution < -0.4 is 0 Å². The van der Waals surface area contributed by atoms with Crippen LogP contribution in [0.4, 0.5) is 0 Å². The van der Waals surface area contributed by atoms with Gasteiger partial charge in [0.25, 0.3) is 0 Å². The van der Waals surface area contributed by atoms with Gasteiger partial charge in [0.05, 0.1) is 26.4 Å². The first-order valence-electron chi connectivity index (χ1n) is 40.0. The molecule has 0 aromatic rings. The van der Waals surface area contributed by atoms with E-state index in [9.17, 15) is 43.2 Å². The number of phosphoric acid groups is 2. The summed E-state index contributed by atoms with van der Waals surface area (Å²) in [5, 5.41) is 10.6. The number of rotatable bonds is 73. The van der Waals surface area contributed by atoms with Crippen molar-refractivity contribution in [3.63, 3.8) is 0 Å². The molecule has 0 aliphatic heterocycles. The Morgan fingerprint density at radius 1 is 0.274 bits per heavy atom. The number of aliphatic hydroxyl groups excluding tert-OH is 1. The smallest absolute Gasteiger partial charge is 0.462 e. The van der Waals surface area contributed by atoms with Crippen molar-refractivity contribution in [1.82, 2.24) is 0 Å². The summed E-state index contributed by atoms with van der Waals surface area (Å²) in [7, 11) is -10.0. The third-order valence-corrected chi connectivity index (χ3v) is 17.8. The zero-order chi connectivity index (χ0) is 77.4.